The second-order valence-corrected chi connectivity index (χ2v) is 8.62. The Bertz CT molecular complexity index is 1430. The normalized spacial score (nSPS) is 11.0. The van der Waals surface area contributed by atoms with Gasteiger partial charge >= 0.3 is 5.97 Å². The lowest BCUT2D eigenvalue weighted by atomic mass is 9.89. The van der Waals surface area contributed by atoms with Gasteiger partial charge in [0.05, 0.1) is 18.2 Å². The molecule has 0 radical (unpaired) electrons. The lowest BCUT2D eigenvalue weighted by Crippen LogP contribution is -2.18. The predicted molar refractivity (Wildman–Crippen MR) is 135 cm³/mol. The average molecular weight is 474 g/mol. The first-order chi connectivity index (χ1) is 16.8. The lowest BCUT2D eigenvalue weighted by Gasteiger charge is -2.15. The Labute approximate surface area is 203 Å². The SMILES string of the molecule is CCCc1cc2oc(-c3ccc(F)cc3)c(C(=O)NC)c2cc1-c1cc(C(=O)OC)c(C)cc1C. The van der Waals surface area contributed by atoms with Gasteiger partial charge in [-0.15, -0.1) is 0 Å². The number of amides is 1. The van der Waals surface area contributed by atoms with Crippen molar-refractivity contribution in [2.75, 3.05) is 14.2 Å². The number of carbonyl (C=O) groups is 2. The highest BCUT2D eigenvalue weighted by atomic mass is 19.1. The highest BCUT2D eigenvalue weighted by molar-refractivity contribution is 6.12. The van der Waals surface area contributed by atoms with Crippen LogP contribution in [-0.2, 0) is 11.2 Å². The molecule has 35 heavy (non-hydrogen) atoms. The summed E-state index contributed by atoms with van der Waals surface area (Å²) in [4.78, 5) is 25.4. The Morgan fingerprint density at radius 1 is 1.00 bits per heavy atom. The Morgan fingerprint density at radius 3 is 2.34 bits per heavy atom. The molecule has 4 rings (SSSR count). The molecule has 0 fully saturated rings. The second kappa shape index (κ2) is 9.74. The van der Waals surface area contributed by atoms with Crippen molar-refractivity contribution < 1.29 is 23.1 Å². The van der Waals surface area contributed by atoms with E-state index in [2.05, 4.69) is 12.2 Å². The third kappa shape index (κ3) is 4.44. The van der Waals surface area contributed by atoms with Crippen LogP contribution < -0.4 is 5.32 Å². The predicted octanol–water partition coefficient (Wildman–Crippen LogP) is 6.62. The van der Waals surface area contributed by atoms with Gasteiger partial charge in [-0.2, -0.15) is 0 Å². The molecule has 0 aliphatic heterocycles. The summed E-state index contributed by atoms with van der Waals surface area (Å²) in [6, 6.07) is 13.6. The fraction of sp³-hybridized carbons (Fsp3) is 0.241. The summed E-state index contributed by atoms with van der Waals surface area (Å²) < 4.78 is 24.7. The molecule has 1 amide bonds. The minimum atomic E-state index is -0.394. The molecule has 6 heteroatoms. The maximum Gasteiger partial charge on any atom is 0.338 e. The summed E-state index contributed by atoms with van der Waals surface area (Å²) in [6.45, 7) is 5.98. The van der Waals surface area contributed by atoms with Crippen LogP contribution in [0.1, 0.15) is 50.8 Å². The molecule has 180 valence electrons. The van der Waals surface area contributed by atoms with Crippen LogP contribution in [0.3, 0.4) is 0 Å². The Hall–Kier alpha value is -3.93. The van der Waals surface area contributed by atoms with Crippen LogP contribution in [0.4, 0.5) is 4.39 Å². The van der Waals surface area contributed by atoms with E-state index in [-0.39, 0.29) is 11.7 Å². The summed E-state index contributed by atoms with van der Waals surface area (Å²) in [5.74, 6) is -0.673. The summed E-state index contributed by atoms with van der Waals surface area (Å²) in [6.07, 6.45) is 1.69. The number of nitrogens with one attached hydrogen (secondary N) is 1. The Morgan fingerprint density at radius 2 is 1.71 bits per heavy atom. The standard InChI is InChI=1S/C29H28FNO4/c1-6-7-19-13-25-24(15-23(19)21-14-22(29(33)34-5)17(3)12-16(21)2)26(28(32)31-4)27(35-25)18-8-10-20(30)11-9-18/h8-15H,6-7H2,1-5H3,(H,31,32). The van der Waals surface area contributed by atoms with Gasteiger partial charge < -0.3 is 14.5 Å². The topological polar surface area (TPSA) is 68.5 Å². The smallest absolute Gasteiger partial charge is 0.338 e. The van der Waals surface area contributed by atoms with Gasteiger partial charge in [-0.1, -0.05) is 19.4 Å². The van der Waals surface area contributed by atoms with Gasteiger partial charge in [0.15, 0.2) is 0 Å². The Kier molecular flexibility index (Phi) is 6.74. The van der Waals surface area contributed by atoms with Crippen molar-refractivity contribution in [2.24, 2.45) is 0 Å². The minimum absolute atomic E-state index is 0.298. The van der Waals surface area contributed by atoms with Crippen molar-refractivity contribution in [3.05, 3.63) is 82.2 Å². The highest BCUT2D eigenvalue weighted by Crippen LogP contribution is 2.39. The molecule has 4 aromatic rings. The van der Waals surface area contributed by atoms with Crippen molar-refractivity contribution >= 4 is 22.8 Å². The quantitative estimate of drug-likeness (QED) is 0.320. The molecule has 5 nitrogen and oxygen atoms in total. The number of hydrogen-bond donors (Lipinski definition) is 1. The van der Waals surface area contributed by atoms with Gasteiger partial charge in [-0.05, 0) is 90.6 Å². The number of aryl methyl sites for hydroxylation is 3. The number of furan rings is 1. The molecule has 0 bridgehead atoms. The van der Waals surface area contributed by atoms with E-state index < -0.39 is 5.97 Å². The van der Waals surface area contributed by atoms with Crippen LogP contribution in [0.5, 0.6) is 0 Å². The molecule has 1 aromatic heterocycles. The zero-order valence-corrected chi connectivity index (χ0v) is 20.5. The summed E-state index contributed by atoms with van der Waals surface area (Å²) in [5, 5.41) is 3.35. The zero-order valence-electron chi connectivity index (χ0n) is 20.5. The molecule has 0 saturated carbocycles. The summed E-state index contributed by atoms with van der Waals surface area (Å²) in [5.41, 5.74) is 6.79. The maximum atomic E-state index is 13.5. The van der Waals surface area contributed by atoms with Crippen molar-refractivity contribution in [2.45, 2.75) is 33.6 Å². The van der Waals surface area contributed by atoms with E-state index in [1.165, 1.54) is 19.2 Å². The van der Waals surface area contributed by atoms with E-state index in [0.717, 1.165) is 40.7 Å². The molecule has 1 N–H and O–H groups in total. The first-order valence-corrected chi connectivity index (χ1v) is 11.6. The molecule has 0 spiro atoms. The molecule has 0 unspecified atom stereocenters. The molecule has 1 heterocycles. The highest BCUT2D eigenvalue weighted by Gasteiger charge is 2.24. The molecular weight excluding hydrogens is 445 g/mol. The van der Waals surface area contributed by atoms with Gasteiger partial charge in [0.25, 0.3) is 5.91 Å². The number of halogens is 1. The van der Waals surface area contributed by atoms with E-state index in [4.69, 9.17) is 9.15 Å². The van der Waals surface area contributed by atoms with Gasteiger partial charge in [-0.25, -0.2) is 9.18 Å². The zero-order chi connectivity index (χ0) is 25.3. The Balaban J connectivity index is 2.04. The number of rotatable bonds is 6. The van der Waals surface area contributed by atoms with Crippen LogP contribution >= 0.6 is 0 Å². The minimum Gasteiger partial charge on any atom is -0.465 e. The molecule has 0 saturated heterocycles. The van der Waals surface area contributed by atoms with Crippen LogP contribution in [0, 0.1) is 19.7 Å². The molecule has 0 aliphatic rings. The maximum absolute atomic E-state index is 13.5. The summed E-state index contributed by atoms with van der Waals surface area (Å²) >= 11 is 0. The number of ether oxygens (including phenoxy) is 1. The third-order valence-electron chi connectivity index (χ3n) is 6.26. The summed E-state index contributed by atoms with van der Waals surface area (Å²) in [7, 11) is 2.93. The number of hydrogen-bond acceptors (Lipinski definition) is 4. The number of esters is 1. The monoisotopic (exact) mass is 473 g/mol. The van der Waals surface area contributed by atoms with Gasteiger partial charge in [0.2, 0.25) is 0 Å². The fourth-order valence-corrected chi connectivity index (χ4v) is 4.54. The number of fused-ring (bicyclic) bond motifs is 1. The largest absolute Gasteiger partial charge is 0.465 e. The van der Waals surface area contributed by atoms with E-state index in [1.54, 1.807) is 19.2 Å². The van der Waals surface area contributed by atoms with Crippen LogP contribution in [0.15, 0.2) is 52.9 Å². The fourth-order valence-electron chi connectivity index (χ4n) is 4.54. The first-order valence-electron chi connectivity index (χ1n) is 11.6. The van der Waals surface area contributed by atoms with Crippen LogP contribution in [-0.4, -0.2) is 26.0 Å². The van der Waals surface area contributed by atoms with Crippen molar-refractivity contribution in [3.63, 3.8) is 0 Å². The van der Waals surface area contributed by atoms with Crippen molar-refractivity contribution in [3.8, 4) is 22.5 Å². The molecular formula is C29H28FNO4. The van der Waals surface area contributed by atoms with E-state index in [1.807, 2.05) is 38.1 Å². The van der Waals surface area contributed by atoms with E-state index in [9.17, 15) is 14.0 Å². The number of carbonyl (C=O) groups excluding carboxylic acids is 2. The van der Waals surface area contributed by atoms with Crippen LogP contribution in [0.2, 0.25) is 0 Å². The first kappa shape index (κ1) is 24.2. The van der Waals surface area contributed by atoms with Gasteiger partial charge in [0.1, 0.15) is 17.2 Å². The van der Waals surface area contributed by atoms with Crippen molar-refractivity contribution in [1.82, 2.24) is 5.32 Å². The number of benzene rings is 3. The second-order valence-electron chi connectivity index (χ2n) is 8.62. The van der Waals surface area contributed by atoms with Crippen LogP contribution in [0.25, 0.3) is 33.4 Å². The average Bonchev–Trinajstić information content (AvgIpc) is 3.21. The third-order valence-corrected chi connectivity index (χ3v) is 6.26. The van der Waals surface area contributed by atoms with Gasteiger partial charge in [0, 0.05) is 18.0 Å². The van der Waals surface area contributed by atoms with Gasteiger partial charge in [-0.3, -0.25) is 4.79 Å². The van der Waals surface area contributed by atoms with Crippen molar-refractivity contribution in [1.29, 1.82) is 0 Å². The van der Waals surface area contributed by atoms with E-state index >= 15 is 0 Å². The lowest BCUT2D eigenvalue weighted by molar-refractivity contribution is 0.0599. The number of methoxy groups -OCH3 is 1. The molecule has 3 aromatic carbocycles. The molecule has 0 atom stereocenters. The van der Waals surface area contributed by atoms with E-state index in [0.29, 0.717) is 33.4 Å². The molecule has 0 aliphatic carbocycles.